The summed E-state index contributed by atoms with van der Waals surface area (Å²) in [7, 11) is 0. The summed E-state index contributed by atoms with van der Waals surface area (Å²) in [5.74, 6) is 1.37. The van der Waals surface area contributed by atoms with E-state index in [-0.39, 0.29) is 0 Å². The lowest BCUT2D eigenvalue weighted by atomic mass is 10.1. The zero-order valence-corrected chi connectivity index (χ0v) is 10.9. The van der Waals surface area contributed by atoms with Gasteiger partial charge in [-0.2, -0.15) is 0 Å². The molecule has 1 aromatic carbocycles. The smallest absolute Gasteiger partial charge is 0.0595 e. The van der Waals surface area contributed by atoms with Crippen LogP contribution in [0.2, 0.25) is 10.0 Å². The van der Waals surface area contributed by atoms with Crippen LogP contribution >= 0.6 is 23.2 Å². The van der Waals surface area contributed by atoms with Gasteiger partial charge in [-0.25, -0.2) is 0 Å². The van der Waals surface area contributed by atoms with Gasteiger partial charge < -0.3 is 0 Å². The summed E-state index contributed by atoms with van der Waals surface area (Å²) >= 11 is 11.9. The lowest BCUT2D eigenvalue weighted by Gasteiger charge is -2.01. The van der Waals surface area contributed by atoms with E-state index in [1.54, 1.807) is 0 Å². The first kappa shape index (κ1) is 12.0. The van der Waals surface area contributed by atoms with Crippen LogP contribution in [0, 0.1) is 5.92 Å². The van der Waals surface area contributed by atoms with Crippen molar-refractivity contribution in [3.05, 3.63) is 46.0 Å². The molecule has 0 amide bonds. The summed E-state index contributed by atoms with van der Waals surface area (Å²) < 4.78 is 0. The first-order valence-electron chi connectivity index (χ1n) is 5.84. The molecular weight excluding hydrogens is 239 g/mol. The average Bonchev–Trinajstić information content (AvgIpc) is 3.02. The Morgan fingerprint density at radius 1 is 1.31 bits per heavy atom. The molecule has 0 heterocycles. The van der Waals surface area contributed by atoms with Crippen molar-refractivity contribution in [1.82, 2.24) is 0 Å². The van der Waals surface area contributed by atoms with Crippen LogP contribution in [0.15, 0.2) is 30.4 Å². The van der Waals surface area contributed by atoms with Crippen LogP contribution < -0.4 is 0 Å². The maximum absolute atomic E-state index is 6.01. The number of hydrogen-bond donors (Lipinski definition) is 0. The van der Waals surface area contributed by atoms with Crippen molar-refractivity contribution in [2.75, 3.05) is 0 Å². The predicted octanol–water partition coefficient (Wildman–Crippen LogP) is 5.45. The van der Waals surface area contributed by atoms with E-state index in [0.29, 0.717) is 21.9 Å². The molecule has 1 aliphatic carbocycles. The molecule has 0 aromatic heterocycles. The topological polar surface area (TPSA) is 0 Å². The third kappa shape index (κ3) is 2.81. The minimum Gasteiger partial charge on any atom is -0.0882 e. The second-order valence-corrected chi connectivity index (χ2v) is 5.21. The molecule has 1 aliphatic rings. The molecule has 2 rings (SSSR count). The monoisotopic (exact) mass is 254 g/mol. The Kier molecular flexibility index (Phi) is 3.94. The zero-order chi connectivity index (χ0) is 11.5. The number of benzene rings is 1. The quantitative estimate of drug-likeness (QED) is 0.627. The van der Waals surface area contributed by atoms with Crippen molar-refractivity contribution in [1.29, 1.82) is 0 Å². The van der Waals surface area contributed by atoms with E-state index in [1.807, 2.05) is 12.1 Å². The van der Waals surface area contributed by atoms with Crippen molar-refractivity contribution in [3.63, 3.8) is 0 Å². The van der Waals surface area contributed by atoms with E-state index >= 15 is 0 Å². The molecule has 0 radical (unpaired) electrons. The molecule has 1 saturated carbocycles. The first-order chi connectivity index (χ1) is 7.72. The second-order valence-electron chi connectivity index (χ2n) is 4.40. The fraction of sp³-hybridized carbons (Fsp3) is 0.429. The Bertz CT molecular complexity index is 396. The molecule has 86 valence electrons. The Hall–Kier alpha value is -0.460. The van der Waals surface area contributed by atoms with Gasteiger partial charge in [0.15, 0.2) is 0 Å². The molecular formula is C14H16Cl2. The highest BCUT2D eigenvalue weighted by Crippen LogP contribution is 2.49. The minimum atomic E-state index is 0.643. The van der Waals surface area contributed by atoms with E-state index in [2.05, 4.69) is 25.1 Å². The number of rotatable bonds is 4. The molecule has 1 aromatic rings. The molecule has 0 N–H and O–H groups in total. The van der Waals surface area contributed by atoms with Crippen molar-refractivity contribution >= 4 is 23.2 Å². The van der Waals surface area contributed by atoms with Gasteiger partial charge in [0, 0.05) is 0 Å². The summed E-state index contributed by atoms with van der Waals surface area (Å²) in [5, 5.41) is 1.31. The molecule has 0 bridgehead atoms. The average molecular weight is 255 g/mol. The Morgan fingerprint density at radius 2 is 2.12 bits per heavy atom. The van der Waals surface area contributed by atoms with Gasteiger partial charge >= 0.3 is 0 Å². The fourth-order valence-corrected chi connectivity index (χ4v) is 2.30. The first-order valence-corrected chi connectivity index (χ1v) is 6.59. The van der Waals surface area contributed by atoms with Crippen molar-refractivity contribution in [3.8, 4) is 0 Å². The minimum absolute atomic E-state index is 0.643. The highest BCUT2D eigenvalue weighted by atomic mass is 35.5. The zero-order valence-electron chi connectivity index (χ0n) is 9.42. The molecule has 16 heavy (non-hydrogen) atoms. The fourth-order valence-electron chi connectivity index (χ4n) is 1.99. The molecule has 0 unspecified atom stereocenters. The molecule has 0 aliphatic heterocycles. The number of halogens is 2. The molecule has 2 atom stereocenters. The molecule has 0 nitrogen and oxygen atoms in total. The van der Waals surface area contributed by atoms with E-state index in [4.69, 9.17) is 23.2 Å². The van der Waals surface area contributed by atoms with Gasteiger partial charge in [-0.05, 0) is 42.4 Å². The van der Waals surface area contributed by atoms with Gasteiger partial charge in [0.05, 0.1) is 10.0 Å². The summed E-state index contributed by atoms with van der Waals surface area (Å²) in [4.78, 5) is 0. The molecule has 2 heteroatoms. The van der Waals surface area contributed by atoms with Crippen molar-refractivity contribution in [2.45, 2.75) is 32.1 Å². The van der Waals surface area contributed by atoms with E-state index < -0.39 is 0 Å². The van der Waals surface area contributed by atoms with Gasteiger partial charge in [-0.3, -0.25) is 0 Å². The maximum atomic E-state index is 6.01. The van der Waals surface area contributed by atoms with Crippen molar-refractivity contribution in [2.24, 2.45) is 5.92 Å². The molecule has 0 spiro atoms. The highest BCUT2D eigenvalue weighted by molar-refractivity contribution is 6.42. The van der Waals surface area contributed by atoms with Crippen LogP contribution in [0.1, 0.15) is 37.7 Å². The van der Waals surface area contributed by atoms with Crippen LogP contribution in [0.3, 0.4) is 0 Å². The third-order valence-corrected chi connectivity index (χ3v) is 3.79. The summed E-state index contributed by atoms with van der Waals surface area (Å²) in [6.45, 7) is 2.20. The summed E-state index contributed by atoms with van der Waals surface area (Å²) in [6.07, 6.45) is 8.29. The van der Waals surface area contributed by atoms with Crippen molar-refractivity contribution < 1.29 is 0 Å². The van der Waals surface area contributed by atoms with E-state index in [0.717, 1.165) is 0 Å². The Balaban J connectivity index is 1.98. The van der Waals surface area contributed by atoms with Crippen LogP contribution in [-0.2, 0) is 0 Å². The van der Waals surface area contributed by atoms with Gasteiger partial charge in [0.2, 0.25) is 0 Å². The predicted molar refractivity (Wildman–Crippen MR) is 71.4 cm³/mol. The normalized spacial score (nSPS) is 23.9. The Morgan fingerprint density at radius 3 is 2.81 bits per heavy atom. The SMILES string of the molecule is CCCC=C[C@@H]1C[C@H]1c1ccc(Cl)c(Cl)c1. The number of hydrogen-bond acceptors (Lipinski definition) is 0. The van der Waals surface area contributed by atoms with E-state index in [1.165, 1.54) is 24.8 Å². The largest absolute Gasteiger partial charge is 0.0882 e. The third-order valence-electron chi connectivity index (χ3n) is 3.05. The van der Waals surface area contributed by atoms with Gasteiger partial charge in [-0.15, -0.1) is 0 Å². The highest BCUT2D eigenvalue weighted by Gasteiger charge is 2.36. The Labute approximate surface area is 107 Å². The number of allylic oxidation sites excluding steroid dienone is 2. The van der Waals surface area contributed by atoms with Gasteiger partial charge in [0.25, 0.3) is 0 Å². The van der Waals surface area contributed by atoms with Crippen LogP contribution in [-0.4, -0.2) is 0 Å². The summed E-state index contributed by atoms with van der Waals surface area (Å²) in [6, 6.07) is 5.99. The second kappa shape index (κ2) is 5.25. The lowest BCUT2D eigenvalue weighted by molar-refractivity contribution is 0.935. The summed E-state index contributed by atoms with van der Waals surface area (Å²) in [5.41, 5.74) is 1.32. The maximum Gasteiger partial charge on any atom is 0.0595 e. The standard InChI is InChI=1S/C14H16Cl2/c1-2-3-4-5-10-8-12(10)11-6-7-13(15)14(16)9-11/h4-7,9-10,12H,2-3,8H2,1H3/t10-,12-/m1/s1. The lowest BCUT2D eigenvalue weighted by Crippen LogP contribution is -1.82. The van der Waals surface area contributed by atoms with Crippen LogP contribution in [0.4, 0.5) is 0 Å². The molecule has 0 saturated heterocycles. The van der Waals surface area contributed by atoms with E-state index in [9.17, 15) is 0 Å². The van der Waals surface area contributed by atoms with Gasteiger partial charge in [0.1, 0.15) is 0 Å². The van der Waals surface area contributed by atoms with Gasteiger partial charge in [-0.1, -0.05) is 54.8 Å². The van der Waals surface area contributed by atoms with Crippen LogP contribution in [0.25, 0.3) is 0 Å². The molecule has 1 fully saturated rings. The van der Waals surface area contributed by atoms with Crippen LogP contribution in [0.5, 0.6) is 0 Å². The number of unbranched alkanes of at least 4 members (excludes halogenated alkanes) is 1.